The first-order chi connectivity index (χ1) is 11.4. The van der Waals surface area contributed by atoms with E-state index < -0.39 is 0 Å². The second-order valence-corrected chi connectivity index (χ2v) is 8.39. The van der Waals surface area contributed by atoms with Crippen LogP contribution in [-0.4, -0.2) is 0 Å². The molecule has 2 aliphatic carbocycles. The highest BCUT2D eigenvalue weighted by Crippen LogP contribution is 2.31. The van der Waals surface area contributed by atoms with Crippen LogP contribution in [0.5, 0.6) is 0 Å². The smallest absolute Gasteiger partial charge is 0.0386 e. The molecule has 0 bridgehead atoms. The third-order valence-corrected chi connectivity index (χ3v) is 6.25. The predicted molar refractivity (Wildman–Crippen MR) is 103 cm³/mol. The lowest BCUT2D eigenvalue weighted by atomic mass is 9.82. The fourth-order valence-corrected chi connectivity index (χ4v) is 4.76. The SMILES string of the molecule is [CH]1CCCCCC(CC2CCCC[CH]CCCCC2)CCCC1. The number of hydrogen-bond acceptors (Lipinski definition) is 0. The molecular weight excluding hydrogens is 276 g/mol. The molecule has 2 saturated carbocycles. The third kappa shape index (κ3) is 9.78. The zero-order chi connectivity index (χ0) is 16.0. The monoisotopic (exact) mass is 318 g/mol. The lowest BCUT2D eigenvalue weighted by Crippen LogP contribution is -2.10. The van der Waals surface area contributed by atoms with Crippen molar-refractivity contribution in [2.75, 3.05) is 0 Å². The highest BCUT2D eigenvalue weighted by atomic mass is 14.2. The molecule has 2 unspecified atom stereocenters. The van der Waals surface area contributed by atoms with Crippen molar-refractivity contribution in [2.45, 2.75) is 122 Å². The van der Waals surface area contributed by atoms with Gasteiger partial charge in [0.15, 0.2) is 0 Å². The van der Waals surface area contributed by atoms with Gasteiger partial charge in [0.25, 0.3) is 0 Å². The maximum absolute atomic E-state index is 2.56. The molecule has 0 aromatic carbocycles. The third-order valence-electron chi connectivity index (χ3n) is 6.25. The Balaban J connectivity index is 1.76. The topological polar surface area (TPSA) is 0 Å². The molecule has 0 heterocycles. The van der Waals surface area contributed by atoms with E-state index in [1.165, 1.54) is 116 Å². The van der Waals surface area contributed by atoms with Crippen LogP contribution >= 0.6 is 0 Å². The maximum Gasteiger partial charge on any atom is -0.0386 e. The van der Waals surface area contributed by atoms with Crippen molar-refractivity contribution in [3.8, 4) is 0 Å². The van der Waals surface area contributed by atoms with Gasteiger partial charge in [0.2, 0.25) is 0 Å². The molecule has 23 heavy (non-hydrogen) atoms. The van der Waals surface area contributed by atoms with Gasteiger partial charge >= 0.3 is 0 Å². The van der Waals surface area contributed by atoms with Crippen LogP contribution in [0.2, 0.25) is 0 Å². The van der Waals surface area contributed by atoms with Crippen LogP contribution in [0.15, 0.2) is 0 Å². The van der Waals surface area contributed by atoms with Crippen LogP contribution in [0.25, 0.3) is 0 Å². The van der Waals surface area contributed by atoms with Crippen LogP contribution < -0.4 is 0 Å². The molecule has 0 aliphatic heterocycles. The molecule has 0 saturated heterocycles. The van der Waals surface area contributed by atoms with Gasteiger partial charge in [-0.05, 0) is 31.1 Å². The minimum absolute atomic E-state index is 1.05. The first-order valence-electron chi connectivity index (χ1n) is 11.1. The van der Waals surface area contributed by atoms with Gasteiger partial charge in [-0.2, -0.15) is 0 Å². The van der Waals surface area contributed by atoms with Crippen LogP contribution in [-0.2, 0) is 0 Å². The molecule has 0 heteroatoms. The summed E-state index contributed by atoms with van der Waals surface area (Å²) in [6.07, 6.45) is 33.1. The maximum atomic E-state index is 2.56. The minimum Gasteiger partial charge on any atom is -0.0533 e. The van der Waals surface area contributed by atoms with E-state index in [4.69, 9.17) is 0 Å². The average Bonchev–Trinajstić information content (AvgIpc) is 2.66. The molecule has 0 spiro atoms. The highest BCUT2D eigenvalue weighted by molar-refractivity contribution is 4.73. The Morgan fingerprint density at radius 2 is 0.783 bits per heavy atom. The summed E-state index contributed by atoms with van der Waals surface area (Å²) in [4.78, 5) is 0. The zero-order valence-electron chi connectivity index (χ0n) is 15.7. The summed E-state index contributed by atoms with van der Waals surface area (Å²) in [7, 11) is 0. The minimum atomic E-state index is 1.05. The molecule has 2 fully saturated rings. The lowest BCUT2D eigenvalue weighted by molar-refractivity contribution is 0.286. The fraction of sp³-hybridized carbons (Fsp3) is 0.913. The van der Waals surface area contributed by atoms with Gasteiger partial charge in [-0.3, -0.25) is 0 Å². The van der Waals surface area contributed by atoms with Gasteiger partial charge in [-0.1, -0.05) is 116 Å². The van der Waals surface area contributed by atoms with E-state index in [0.29, 0.717) is 0 Å². The van der Waals surface area contributed by atoms with Crippen molar-refractivity contribution in [1.29, 1.82) is 0 Å². The zero-order valence-corrected chi connectivity index (χ0v) is 15.7. The van der Waals surface area contributed by atoms with E-state index in [0.717, 1.165) is 11.8 Å². The molecule has 134 valence electrons. The van der Waals surface area contributed by atoms with Crippen LogP contribution in [0.3, 0.4) is 0 Å². The Morgan fingerprint density at radius 3 is 1.22 bits per heavy atom. The molecule has 0 aromatic heterocycles. The largest absolute Gasteiger partial charge is 0.0533 e. The highest BCUT2D eigenvalue weighted by Gasteiger charge is 2.17. The molecule has 0 aromatic rings. The summed E-state index contributed by atoms with van der Waals surface area (Å²) < 4.78 is 0. The second-order valence-electron chi connectivity index (χ2n) is 8.39. The van der Waals surface area contributed by atoms with E-state index in [2.05, 4.69) is 12.8 Å². The second kappa shape index (κ2) is 13.3. The lowest BCUT2D eigenvalue weighted by Gasteiger charge is -2.24. The van der Waals surface area contributed by atoms with E-state index >= 15 is 0 Å². The summed E-state index contributed by atoms with van der Waals surface area (Å²) >= 11 is 0. The van der Waals surface area contributed by atoms with Crippen molar-refractivity contribution < 1.29 is 0 Å². The van der Waals surface area contributed by atoms with E-state index in [9.17, 15) is 0 Å². The summed E-state index contributed by atoms with van der Waals surface area (Å²) in [5, 5.41) is 0. The molecule has 0 amide bonds. The van der Waals surface area contributed by atoms with Gasteiger partial charge in [0.1, 0.15) is 0 Å². The molecular formula is C23H42. The van der Waals surface area contributed by atoms with Crippen LogP contribution in [0, 0.1) is 24.7 Å². The molecule has 0 nitrogen and oxygen atoms in total. The summed E-state index contributed by atoms with van der Waals surface area (Å²) in [6, 6.07) is 0. The molecule has 2 atom stereocenters. The molecule has 0 N–H and O–H groups in total. The van der Waals surface area contributed by atoms with Crippen molar-refractivity contribution in [1.82, 2.24) is 0 Å². The Labute approximate surface area is 147 Å². The van der Waals surface area contributed by atoms with Crippen molar-refractivity contribution in [3.63, 3.8) is 0 Å². The quantitative estimate of drug-likeness (QED) is 0.483. The Hall–Kier alpha value is 0. The number of hydrogen-bond donors (Lipinski definition) is 0. The first kappa shape index (κ1) is 19.3. The molecule has 2 rings (SSSR count). The summed E-state index contributed by atoms with van der Waals surface area (Å²) in [5.74, 6) is 2.10. The van der Waals surface area contributed by atoms with Gasteiger partial charge in [0.05, 0.1) is 0 Å². The summed E-state index contributed by atoms with van der Waals surface area (Å²) in [5.41, 5.74) is 0. The van der Waals surface area contributed by atoms with Crippen LogP contribution in [0.4, 0.5) is 0 Å². The fourth-order valence-electron chi connectivity index (χ4n) is 4.76. The van der Waals surface area contributed by atoms with Gasteiger partial charge in [0, 0.05) is 0 Å². The van der Waals surface area contributed by atoms with Crippen molar-refractivity contribution in [3.05, 3.63) is 12.8 Å². The van der Waals surface area contributed by atoms with E-state index in [1.54, 1.807) is 6.42 Å². The summed E-state index contributed by atoms with van der Waals surface area (Å²) in [6.45, 7) is 0. The number of rotatable bonds is 2. The first-order valence-corrected chi connectivity index (χ1v) is 11.1. The van der Waals surface area contributed by atoms with Gasteiger partial charge in [-0.25, -0.2) is 0 Å². The Bertz CT molecular complexity index is 207. The van der Waals surface area contributed by atoms with Gasteiger partial charge < -0.3 is 0 Å². The van der Waals surface area contributed by atoms with Crippen molar-refractivity contribution >= 4 is 0 Å². The predicted octanol–water partition coefficient (Wildman–Crippen LogP) is 8.07. The van der Waals surface area contributed by atoms with E-state index in [-0.39, 0.29) is 0 Å². The Kier molecular flexibility index (Phi) is 11.2. The Morgan fingerprint density at radius 1 is 0.435 bits per heavy atom. The van der Waals surface area contributed by atoms with Crippen LogP contribution in [0.1, 0.15) is 122 Å². The van der Waals surface area contributed by atoms with Gasteiger partial charge in [-0.15, -0.1) is 0 Å². The molecule has 2 radical (unpaired) electrons. The normalized spacial score (nSPS) is 26.1. The molecule has 2 aliphatic rings. The standard InChI is InChI=1S/C23H42/c1-2-6-10-14-18-22(17-13-9-5-1)21-23-19-15-11-7-3-4-8-12-16-20-23/h1,3,22-23H,2,4-21H2. The van der Waals surface area contributed by atoms with Crippen molar-refractivity contribution in [2.24, 2.45) is 11.8 Å². The van der Waals surface area contributed by atoms with E-state index in [1.807, 2.05) is 0 Å². The average molecular weight is 319 g/mol.